The van der Waals surface area contributed by atoms with E-state index in [4.69, 9.17) is 5.26 Å². The monoisotopic (exact) mass is 214 g/mol. The van der Waals surface area contributed by atoms with Crippen molar-refractivity contribution in [2.24, 2.45) is 5.92 Å². The van der Waals surface area contributed by atoms with E-state index in [1.54, 1.807) is 18.0 Å². The van der Waals surface area contributed by atoms with Crippen molar-refractivity contribution in [1.82, 2.24) is 0 Å². The molecule has 3 heteroatoms. The number of nitriles is 1. The molecule has 0 unspecified atom stereocenters. The Morgan fingerprint density at radius 2 is 2.12 bits per heavy atom. The maximum atomic E-state index is 12.0. The number of carbonyl (C=O) groups excluding carboxylic acids is 1. The Labute approximate surface area is 95.3 Å². The number of nitrogens with zero attached hydrogens (tertiary/aromatic N) is 2. The van der Waals surface area contributed by atoms with E-state index in [2.05, 4.69) is 6.07 Å². The summed E-state index contributed by atoms with van der Waals surface area (Å²) in [6.07, 6.45) is 3.11. The summed E-state index contributed by atoms with van der Waals surface area (Å²) in [5.41, 5.74) is 1.26. The molecule has 0 heterocycles. The molecule has 0 atom stereocenters. The molecular formula is C13H14N2O. The van der Waals surface area contributed by atoms with Gasteiger partial charge in [0.15, 0.2) is 0 Å². The molecule has 0 spiro atoms. The second kappa shape index (κ2) is 4.36. The third-order valence-corrected chi connectivity index (χ3v) is 3.17. The second-order valence-electron chi connectivity index (χ2n) is 4.15. The minimum absolute atomic E-state index is 0.133. The summed E-state index contributed by atoms with van der Waals surface area (Å²) in [5, 5.41) is 8.97. The summed E-state index contributed by atoms with van der Waals surface area (Å²) in [6.45, 7) is 0. The molecule has 16 heavy (non-hydrogen) atoms. The number of hydrogen-bond donors (Lipinski definition) is 0. The highest BCUT2D eigenvalue weighted by Gasteiger charge is 2.28. The maximum Gasteiger partial charge on any atom is 0.229 e. The summed E-state index contributed by atoms with van der Waals surface area (Å²) >= 11 is 0. The number of anilines is 1. The molecule has 2 rings (SSSR count). The molecule has 1 aromatic rings. The summed E-state index contributed by atoms with van der Waals surface area (Å²) in [6, 6.07) is 9.32. The molecule has 0 aliphatic heterocycles. The molecule has 3 nitrogen and oxygen atoms in total. The zero-order valence-electron chi connectivity index (χ0n) is 9.31. The summed E-state index contributed by atoms with van der Waals surface area (Å²) in [7, 11) is 1.75. The van der Waals surface area contributed by atoms with Crippen molar-refractivity contribution in [2.75, 3.05) is 11.9 Å². The Hall–Kier alpha value is -1.82. The van der Waals surface area contributed by atoms with Gasteiger partial charge in [-0.25, -0.2) is 0 Å². The molecule has 1 fully saturated rings. The first-order valence-electron chi connectivity index (χ1n) is 5.50. The molecular weight excluding hydrogens is 200 g/mol. The third-order valence-electron chi connectivity index (χ3n) is 3.17. The van der Waals surface area contributed by atoms with Crippen molar-refractivity contribution in [1.29, 1.82) is 5.26 Å². The average molecular weight is 214 g/mol. The van der Waals surface area contributed by atoms with Crippen molar-refractivity contribution in [3.8, 4) is 6.07 Å². The molecule has 1 amide bonds. The van der Waals surface area contributed by atoms with Gasteiger partial charge in [0.1, 0.15) is 6.07 Å². The molecule has 0 bridgehead atoms. The van der Waals surface area contributed by atoms with Crippen LogP contribution in [-0.4, -0.2) is 13.0 Å². The zero-order valence-corrected chi connectivity index (χ0v) is 9.31. The lowest BCUT2D eigenvalue weighted by atomic mass is 9.84. The zero-order chi connectivity index (χ0) is 11.5. The van der Waals surface area contributed by atoms with E-state index < -0.39 is 0 Å². The fraction of sp³-hybridized carbons (Fsp3) is 0.385. The van der Waals surface area contributed by atoms with Crippen molar-refractivity contribution >= 4 is 11.6 Å². The Bertz CT molecular complexity index is 443. The van der Waals surface area contributed by atoms with Crippen molar-refractivity contribution in [2.45, 2.75) is 19.3 Å². The quantitative estimate of drug-likeness (QED) is 0.758. The minimum Gasteiger partial charge on any atom is -0.314 e. The van der Waals surface area contributed by atoms with Crippen LogP contribution in [0.1, 0.15) is 24.8 Å². The first-order valence-corrected chi connectivity index (χ1v) is 5.50. The standard InChI is InChI=1S/C13H14N2O/c1-15(13(16)10-6-4-7-10)12-8-3-2-5-11(12)9-14/h2-3,5,8,10H,4,6-7H2,1H3. The van der Waals surface area contributed by atoms with Crippen LogP contribution in [-0.2, 0) is 4.79 Å². The largest absolute Gasteiger partial charge is 0.314 e. The van der Waals surface area contributed by atoms with Crippen LogP contribution in [0.25, 0.3) is 0 Å². The highest BCUT2D eigenvalue weighted by atomic mass is 16.2. The SMILES string of the molecule is CN(C(=O)C1CCC1)c1ccccc1C#N. The Morgan fingerprint density at radius 1 is 1.44 bits per heavy atom. The lowest BCUT2D eigenvalue weighted by Crippen LogP contribution is -2.36. The van der Waals surface area contributed by atoms with Crippen molar-refractivity contribution < 1.29 is 4.79 Å². The summed E-state index contributed by atoms with van der Waals surface area (Å²) < 4.78 is 0. The second-order valence-corrected chi connectivity index (χ2v) is 4.15. The van der Waals surface area contributed by atoms with Gasteiger partial charge >= 0.3 is 0 Å². The molecule has 1 aliphatic rings. The number of carbonyl (C=O) groups is 1. The van der Waals surface area contributed by atoms with Crippen LogP contribution in [0.15, 0.2) is 24.3 Å². The molecule has 0 radical (unpaired) electrons. The molecule has 1 aromatic carbocycles. The normalized spacial score (nSPS) is 15.0. The molecule has 1 saturated carbocycles. The maximum absolute atomic E-state index is 12.0. The highest BCUT2D eigenvalue weighted by Crippen LogP contribution is 2.30. The van der Waals surface area contributed by atoms with Crippen LogP contribution in [0.5, 0.6) is 0 Å². The van der Waals surface area contributed by atoms with Crippen LogP contribution in [0.2, 0.25) is 0 Å². The molecule has 0 saturated heterocycles. The van der Waals surface area contributed by atoms with Gasteiger partial charge in [-0.1, -0.05) is 18.6 Å². The first kappa shape index (κ1) is 10.7. The van der Waals surface area contributed by atoms with E-state index >= 15 is 0 Å². The topological polar surface area (TPSA) is 44.1 Å². The van der Waals surface area contributed by atoms with Gasteiger partial charge in [-0.2, -0.15) is 5.26 Å². The lowest BCUT2D eigenvalue weighted by molar-refractivity contribution is -0.124. The van der Waals surface area contributed by atoms with E-state index in [1.165, 1.54) is 0 Å². The van der Waals surface area contributed by atoms with Gasteiger partial charge in [0.25, 0.3) is 0 Å². The highest BCUT2D eigenvalue weighted by molar-refractivity contribution is 5.96. The predicted molar refractivity (Wildman–Crippen MR) is 61.9 cm³/mol. The van der Waals surface area contributed by atoms with Gasteiger partial charge in [0, 0.05) is 13.0 Å². The molecule has 82 valence electrons. The molecule has 0 N–H and O–H groups in total. The number of amides is 1. The van der Waals surface area contributed by atoms with E-state index in [-0.39, 0.29) is 11.8 Å². The van der Waals surface area contributed by atoms with Crippen molar-refractivity contribution in [3.05, 3.63) is 29.8 Å². The van der Waals surface area contributed by atoms with E-state index in [0.29, 0.717) is 11.3 Å². The number of hydrogen-bond acceptors (Lipinski definition) is 2. The average Bonchev–Trinajstić information content (AvgIpc) is 2.25. The van der Waals surface area contributed by atoms with Gasteiger partial charge in [0.2, 0.25) is 5.91 Å². The Morgan fingerprint density at radius 3 is 2.69 bits per heavy atom. The third kappa shape index (κ3) is 1.79. The number of rotatable bonds is 2. The lowest BCUT2D eigenvalue weighted by Gasteiger charge is -2.29. The smallest absolute Gasteiger partial charge is 0.229 e. The van der Waals surface area contributed by atoms with Gasteiger partial charge < -0.3 is 4.90 Å². The van der Waals surface area contributed by atoms with Crippen LogP contribution in [0.3, 0.4) is 0 Å². The van der Waals surface area contributed by atoms with Crippen LogP contribution >= 0.6 is 0 Å². The number of benzene rings is 1. The number of para-hydroxylation sites is 1. The van der Waals surface area contributed by atoms with Crippen molar-refractivity contribution in [3.63, 3.8) is 0 Å². The van der Waals surface area contributed by atoms with E-state index in [9.17, 15) is 4.79 Å². The Balaban J connectivity index is 2.23. The predicted octanol–water partition coefficient (Wildman–Crippen LogP) is 2.32. The fourth-order valence-corrected chi connectivity index (χ4v) is 1.91. The fourth-order valence-electron chi connectivity index (χ4n) is 1.91. The summed E-state index contributed by atoms with van der Waals surface area (Å²) in [5.74, 6) is 0.297. The van der Waals surface area contributed by atoms with Crippen LogP contribution in [0, 0.1) is 17.2 Å². The Kier molecular flexibility index (Phi) is 2.91. The van der Waals surface area contributed by atoms with Gasteiger partial charge in [-0.15, -0.1) is 0 Å². The summed E-state index contributed by atoms with van der Waals surface area (Å²) in [4.78, 5) is 13.6. The van der Waals surface area contributed by atoms with Gasteiger partial charge in [-0.05, 0) is 25.0 Å². The van der Waals surface area contributed by atoms with Gasteiger partial charge in [-0.3, -0.25) is 4.79 Å². The minimum atomic E-state index is 0.133. The van der Waals surface area contributed by atoms with E-state index in [0.717, 1.165) is 19.3 Å². The van der Waals surface area contributed by atoms with Gasteiger partial charge in [0.05, 0.1) is 11.3 Å². The first-order chi connectivity index (χ1) is 7.74. The van der Waals surface area contributed by atoms with Crippen LogP contribution < -0.4 is 4.90 Å². The van der Waals surface area contributed by atoms with E-state index in [1.807, 2.05) is 18.2 Å². The molecule has 0 aromatic heterocycles. The van der Waals surface area contributed by atoms with Crippen LogP contribution in [0.4, 0.5) is 5.69 Å². The molecule has 1 aliphatic carbocycles.